The second-order valence-corrected chi connectivity index (χ2v) is 7.37. The van der Waals surface area contributed by atoms with Gasteiger partial charge in [-0.05, 0) is 12.1 Å². The third kappa shape index (κ3) is 4.61. The summed E-state index contributed by atoms with van der Waals surface area (Å²) in [7, 11) is 0. The quantitative estimate of drug-likeness (QED) is 0.575. The number of thiazole rings is 1. The predicted octanol–water partition coefficient (Wildman–Crippen LogP) is 5.11. The molecule has 1 aromatic heterocycles. The van der Waals surface area contributed by atoms with Crippen molar-refractivity contribution in [3.8, 4) is 10.6 Å². The fourth-order valence-electron chi connectivity index (χ4n) is 2.76. The molecule has 0 aliphatic rings. The molecule has 1 atom stereocenters. The van der Waals surface area contributed by atoms with Crippen molar-refractivity contribution in [1.82, 2.24) is 4.98 Å². The van der Waals surface area contributed by atoms with Gasteiger partial charge in [0, 0.05) is 35.4 Å². The standard InChI is InChI=1S/C20H14ClF2NO3S/c21-17-4-2-1-3-15(17)19-24-12(10-28-19)8-13(25)9-16(20(26)27)14-6-5-11(22)7-18(14)23/h1-7,10,16H,8-9H2,(H,26,27). The number of Topliss-reactive ketones (excluding diaryl/α,β-unsaturated/α-hetero) is 1. The molecule has 1 N–H and O–H groups in total. The van der Waals surface area contributed by atoms with Crippen molar-refractivity contribution in [3.05, 3.63) is 75.8 Å². The minimum absolute atomic E-state index is 0.0897. The molecule has 0 fully saturated rings. The summed E-state index contributed by atoms with van der Waals surface area (Å²) >= 11 is 7.46. The number of ketones is 1. The number of nitrogens with zero attached hydrogens (tertiary/aromatic N) is 1. The van der Waals surface area contributed by atoms with E-state index in [-0.39, 0.29) is 12.0 Å². The van der Waals surface area contributed by atoms with Gasteiger partial charge < -0.3 is 5.11 Å². The number of rotatable bonds is 7. The van der Waals surface area contributed by atoms with Crippen LogP contribution in [0.25, 0.3) is 10.6 Å². The van der Waals surface area contributed by atoms with E-state index >= 15 is 0 Å². The zero-order valence-corrected chi connectivity index (χ0v) is 15.9. The Morgan fingerprint density at radius 1 is 1.18 bits per heavy atom. The molecule has 0 aliphatic heterocycles. The zero-order chi connectivity index (χ0) is 20.3. The molecular weight excluding hydrogens is 408 g/mol. The van der Waals surface area contributed by atoms with Gasteiger partial charge in [-0.2, -0.15) is 0 Å². The number of carbonyl (C=O) groups excluding carboxylic acids is 1. The van der Waals surface area contributed by atoms with Gasteiger partial charge in [-0.3, -0.25) is 9.59 Å². The van der Waals surface area contributed by atoms with Crippen LogP contribution in [0.2, 0.25) is 5.02 Å². The van der Waals surface area contributed by atoms with Crippen LogP contribution in [-0.4, -0.2) is 21.8 Å². The maximum atomic E-state index is 13.9. The zero-order valence-electron chi connectivity index (χ0n) is 14.4. The largest absolute Gasteiger partial charge is 0.481 e. The smallest absolute Gasteiger partial charge is 0.311 e. The molecule has 144 valence electrons. The Hall–Kier alpha value is -2.64. The fourth-order valence-corrected chi connectivity index (χ4v) is 3.90. The molecule has 0 aliphatic carbocycles. The van der Waals surface area contributed by atoms with Crippen LogP contribution in [0.4, 0.5) is 8.78 Å². The topological polar surface area (TPSA) is 67.3 Å². The molecule has 1 heterocycles. The fraction of sp³-hybridized carbons (Fsp3) is 0.150. The number of carboxylic acid groups (broad SMARTS) is 1. The summed E-state index contributed by atoms with van der Waals surface area (Å²) in [6.45, 7) is 0. The van der Waals surface area contributed by atoms with Crippen LogP contribution in [0.5, 0.6) is 0 Å². The Morgan fingerprint density at radius 3 is 2.61 bits per heavy atom. The maximum Gasteiger partial charge on any atom is 0.311 e. The van der Waals surface area contributed by atoms with E-state index in [0.717, 1.165) is 17.7 Å². The molecule has 0 bridgehead atoms. The van der Waals surface area contributed by atoms with Crippen molar-refractivity contribution in [1.29, 1.82) is 0 Å². The number of aromatic nitrogens is 1. The lowest BCUT2D eigenvalue weighted by molar-refractivity contribution is -0.140. The summed E-state index contributed by atoms with van der Waals surface area (Å²) in [5.41, 5.74) is 0.996. The first kappa shape index (κ1) is 20.1. The van der Waals surface area contributed by atoms with Gasteiger partial charge in [0.1, 0.15) is 22.4 Å². The van der Waals surface area contributed by atoms with Crippen molar-refractivity contribution < 1.29 is 23.5 Å². The van der Waals surface area contributed by atoms with Gasteiger partial charge in [-0.25, -0.2) is 13.8 Å². The molecule has 3 rings (SSSR count). The van der Waals surface area contributed by atoms with Gasteiger partial charge in [0.2, 0.25) is 0 Å². The first-order chi connectivity index (χ1) is 13.3. The minimum Gasteiger partial charge on any atom is -0.481 e. The first-order valence-corrected chi connectivity index (χ1v) is 9.49. The van der Waals surface area contributed by atoms with E-state index in [1.807, 2.05) is 12.1 Å². The van der Waals surface area contributed by atoms with E-state index in [0.29, 0.717) is 21.8 Å². The van der Waals surface area contributed by atoms with Crippen LogP contribution in [-0.2, 0) is 16.0 Å². The molecule has 2 aromatic carbocycles. The van der Waals surface area contributed by atoms with Crippen LogP contribution in [0.3, 0.4) is 0 Å². The maximum absolute atomic E-state index is 13.9. The number of aliphatic carboxylic acids is 1. The molecule has 0 radical (unpaired) electrons. The van der Waals surface area contributed by atoms with Crippen LogP contribution in [0.15, 0.2) is 47.8 Å². The Balaban J connectivity index is 1.74. The van der Waals surface area contributed by atoms with Crippen LogP contribution in [0, 0.1) is 11.6 Å². The summed E-state index contributed by atoms with van der Waals surface area (Å²) in [6, 6.07) is 9.78. The number of hydrogen-bond donors (Lipinski definition) is 1. The molecule has 8 heteroatoms. The van der Waals surface area contributed by atoms with E-state index in [1.54, 1.807) is 17.5 Å². The molecule has 0 saturated carbocycles. The Labute approximate surface area is 168 Å². The summed E-state index contributed by atoms with van der Waals surface area (Å²) < 4.78 is 27.0. The summed E-state index contributed by atoms with van der Waals surface area (Å²) in [6.07, 6.45) is -0.510. The van der Waals surface area contributed by atoms with Gasteiger partial charge >= 0.3 is 5.97 Å². The van der Waals surface area contributed by atoms with Crippen molar-refractivity contribution in [2.45, 2.75) is 18.8 Å². The third-order valence-electron chi connectivity index (χ3n) is 4.10. The Morgan fingerprint density at radius 2 is 1.93 bits per heavy atom. The molecule has 0 amide bonds. The van der Waals surface area contributed by atoms with Crippen LogP contribution >= 0.6 is 22.9 Å². The highest BCUT2D eigenvalue weighted by molar-refractivity contribution is 7.13. The number of carboxylic acids is 1. The van der Waals surface area contributed by atoms with Gasteiger partial charge in [0.05, 0.1) is 16.6 Å². The van der Waals surface area contributed by atoms with Gasteiger partial charge in [-0.15, -0.1) is 11.3 Å². The van der Waals surface area contributed by atoms with Crippen molar-refractivity contribution >= 4 is 34.7 Å². The second-order valence-electron chi connectivity index (χ2n) is 6.10. The predicted molar refractivity (Wildman–Crippen MR) is 103 cm³/mol. The van der Waals surface area contributed by atoms with Crippen molar-refractivity contribution in [2.75, 3.05) is 0 Å². The molecule has 3 aromatic rings. The second kappa shape index (κ2) is 8.58. The molecule has 0 saturated heterocycles. The SMILES string of the molecule is O=C(Cc1csc(-c2ccccc2Cl)n1)CC(C(=O)O)c1ccc(F)cc1F. The lowest BCUT2D eigenvalue weighted by atomic mass is 9.92. The summed E-state index contributed by atoms with van der Waals surface area (Å²) in [5.74, 6) is -4.96. The normalized spacial score (nSPS) is 12.0. The molecular formula is C20H14ClF2NO3S. The average Bonchev–Trinajstić information content (AvgIpc) is 3.08. The highest BCUT2D eigenvalue weighted by atomic mass is 35.5. The van der Waals surface area contributed by atoms with Gasteiger partial charge in [0.25, 0.3) is 0 Å². The van der Waals surface area contributed by atoms with Gasteiger partial charge in [-0.1, -0.05) is 35.9 Å². The monoisotopic (exact) mass is 421 g/mol. The van der Waals surface area contributed by atoms with Crippen LogP contribution in [0.1, 0.15) is 23.6 Å². The molecule has 28 heavy (non-hydrogen) atoms. The van der Waals surface area contributed by atoms with E-state index in [4.69, 9.17) is 11.6 Å². The number of carbonyl (C=O) groups is 2. The van der Waals surface area contributed by atoms with E-state index in [1.165, 1.54) is 11.3 Å². The lowest BCUT2D eigenvalue weighted by Gasteiger charge is -2.12. The highest BCUT2D eigenvalue weighted by Crippen LogP contribution is 2.31. The van der Waals surface area contributed by atoms with E-state index < -0.39 is 35.7 Å². The average molecular weight is 422 g/mol. The lowest BCUT2D eigenvalue weighted by Crippen LogP contribution is -2.18. The van der Waals surface area contributed by atoms with Crippen molar-refractivity contribution in [2.24, 2.45) is 0 Å². The van der Waals surface area contributed by atoms with Crippen LogP contribution < -0.4 is 0 Å². The molecule has 4 nitrogen and oxygen atoms in total. The highest BCUT2D eigenvalue weighted by Gasteiger charge is 2.26. The van der Waals surface area contributed by atoms with E-state index in [2.05, 4.69) is 4.98 Å². The number of hydrogen-bond acceptors (Lipinski definition) is 4. The Bertz CT molecular complexity index is 1040. The first-order valence-electron chi connectivity index (χ1n) is 8.24. The summed E-state index contributed by atoms with van der Waals surface area (Å²) in [5, 5.41) is 12.3. The molecule has 0 spiro atoms. The van der Waals surface area contributed by atoms with Crippen molar-refractivity contribution in [3.63, 3.8) is 0 Å². The summed E-state index contributed by atoms with van der Waals surface area (Å²) in [4.78, 5) is 28.3. The van der Waals surface area contributed by atoms with E-state index in [9.17, 15) is 23.5 Å². The Kier molecular flexibility index (Phi) is 6.16. The molecule has 1 unspecified atom stereocenters. The van der Waals surface area contributed by atoms with Gasteiger partial charge in [0.15, 0.2) is 0 Å². The number of benzene rings is 2. The minimum atomic E-state index is -1.39. The third-order valence-corrected chi connectivity index (χ3v) is 5.36. The number of halogens is 3.